The van der Waals surface area contributed by atoms with Gasteiger partial charge in [-0.1, -0.05) is 158 Å². The molecule has 8 heteroatoms. The van der Waals surface area contributed by atoms with Crippen LogP contribution in [0.2, 0.25) is 0 Å². The van der Waals surface area contributed by atoms with Crippen molar-refractivity contribution in [3.05, 3.63) is 215 Å². The monoisotopic (exact) mass is 827 g/mol. The Bertz CT molecular complexity index is 2380. The maximum atomic E-state index is 12.9. The van der Waals surface area contributed by atoms with Gasteiger partial charge in [0.1, 0.15) is 17.1 Å². The summed E-state index contributed by atoms with van der Waals surface area (Å²) in [4.78, 5) is 14.4. The fraction of sp³-hybridized carbons (Fsp3) is 0.241. The number of carbonyl (C=O) groups is 1. The zero-order chi connectivity index (χ0) is 42.6. The number of piperidine rings is 1. The van der Waals surface area contributed by atoms with Gasteiger partial charge < -0.3 is 33.7 Å². The molecule has 0 saturated carbocycles. The second-order valence-corrected chi connectivity index (χ2v) is 15.7. The molecule has 7 aromatic carbocycles. The number of likely N-dealkylation sites (tertiary alicyclic amines) is 1. The zero-order valence-corrected chi connectivity index (χ0v) is 35.1. The van der Waals surface area contributed by atoms with Gasteiger partial charge in [0, 0.05) is 30.4 Å². The number of hydrogen-bond acceptors (Lipinski definition) is 6. The summed E-state index contributed by atoms with van der Waals surface area (Å²) in [5, 5.41) is 12.8. The van der Waals surface area contributed by atoms with E-state index in [9.17, 15) is 9.90 Å². The highest BCUT2D eigenvalue weighted by Crippen LogP contribution is 2.43. The van der Waals surface area contributed by atoms with Crippen LogP contribution in [-0.4, -0.2) is 62.2 Å². The van der Waals surface area contributed by atoms with Crippen molar-refractivity contribution in [1.82, 2.24) is 4.90 Å². The maximum absolute atomic E-state index is 12.9. The predicted octanol–water partition coefficient (Wildman–Crippen LogP) is 11.1. The van der Waals surface area contributed by atoms with Crippen molar-refractivity contribution in [2.24, 2.45) is 5.92 Å². The topological polar surface area (TPSA) is 86.7 Å². The van der Waals surface area contributed by atoms with Gasteiger partial charge in [0.15, 0.2) is 0 Å². The SMILES string of the molecule is COc1ccccc1COCCCOc1ccc(C2C(COC(c3ccccc3)(c3ccccc3)c3ccccc3)CN(C(=O)O)CC2OCc2ccc3ccccc3c2)cc1. The molecule has 3 unspecified atom stereocenters. The van der Waals surface area contributed by atoms with Crippen molar-refractivity contribution in [3.8, 4) is 11.5 Å². The maximum Gasteiger partial charge on any atom is 0.407 e. The molecule has 0 bridgehead atoms. The third kappa shape index (κ3) is 9.85. The van der Waals surface area contributed by atoms with Crippen LogP contribution >= 0.6 is 0 Å². The van der Waals surface area contributed by atoms with E-state index in [1.54, 1.807) is 7.11 Å². The van der Waals surface area contributed by atoms with Crippen LogP contribution in [0.15, 0.2) is 182 Å². The molecule has 7 aromatic rings. The summed E-state index contributed by atoms with van der Waals surface area (Å²) >= 11 is 0. The van der Waals surface area contributed by atoms with Gasteiger partial charge >= 0.3 is 6.09 Å². The lowest BCUT2D eigenvalue weighted by molar-refractivity contribution is -0.0755. The van der Waals surface area contributed by atoms with Crippen LogP contribution < -0.4 is 9.47 Å². The van der Waals surface area contributed by atoms with Crippen LogP contribution in [0.5, 0.6) is 11.5 Å². The van der Waals surface area contributed by atoms with Gasteiger partial charge in [0.25, 0.3) is 0 Å². The summed E-state index contributed by atoms with van der Waals surface area (Å²) in [6.07, 6.45) is -0.726. The number of amides is 1. The molecule has 3 atom stereocenters. The number of benzene rings is 7. The van der Waals surface area contributed by atoms with Crippen molar-refractivity contribution in [2.45, 2.75) is 37.3 Å². The van der Waals surface area contributed by atoms with Crippen LogP contribution in [0.3, 0.4) is 0 Å². The van der Waals surface area contributed by atoms with Crippen molar-refractivity contribution < 1.29 is 33.6 Å². The van der Waals surface area contributed by atoms with E-state index in [1.165, 1.54) is 4.90 Å². The number of hydrogen-bond donors (Lipinski definition) is 1. The van der Waals surface area contributed by atoms with Gasteiger partial charge in [-0.05, 0) is 62.9 Å². The Morgan fingerprint density at radius 1 is 0.661 bits per heavy atom. The van der Waals surface area contributed by atoms with Gasteiger partial charge in [0.2, 0.25) is 0 Å². The number of ether oxygens (including phenoxy) is 5. The van der Waals surface area contributed by atoms with Crippen LogP contribution in [0.4, 0.5) is 4.79 Å². The molecular weight excluding hydrogens is 775 g/mol. The Hall–Kier alpha value is -6.45. The fourth-order valence-corrected chi connectivity index (χ4v) is 8.74. The van der Waals surface area contributed by atoms with E-state index >= 15 is 0 Å². The smallest absolute Gasteiger partial charge is 0.407 e. The lowest BCUT2D eigenvalue weighted by atomic mass is 9.77. The third-order valence-corrected chi connectivity index (χ3v) is 11.8. The Morgan fingerprint density at radius 2 is 1.27 bits per heavy atom. The first kappa shape index (κ1) is 42.2. The minimum atomic E-state index is -0.983. The van der Waals surface area contributed by atoms with E-state index < -0.39 is 17.8 Å². The first-order valence-corrected chi connectivity index (χ1v) is 21.3. The lowest BCUT2D eigenvalue weighted by Gasteiger charge is -2.45. The Morgan fingerprint density at radius 3 is 1.92 bits per heavy atom. The van der Waals surface area contributed by atoms with E-state index in [4.69, 9.17) is 23.7 Å². The van der Waals surface area contributed by atoms with Crippen LogP contribution in [-0.2, 0) is 33.0 Å². The Labute approximate surface area is 364 Å². The van der Waals surface area contributed by atoms with Gasteiger partial charge in [0.05, 0.1) is 52.8 Å². The Balaban J connectivity index is 1.07. The molecule has 1 amide bonds. The summed E-state index contributed by atoms with van der Waals surface area (Å²) in [5.41, 5.74) is 5.03. The molecule has 1 aliphatic rings. The first-order valence-electron chi connectivity index (χ1n) is 21.3. The van der Waals surface area contributed by atoms with Crippen molar-refractivity contribution in [2.75, 3.05) is 40.0 Å². The molecule has 8 nitrogen and oxygen atoms in total. The molecular formula is C54H53NO7. The van der Waals surface area contributed by atoms with E-state index in [1.807, 2.05) is 103 Å². The Kier molecular flexibility index (Phi) is 13.9. The number of nitrogens with zero attached hydrogens (tertiary/aromatic N) is 1. The summed E-state index contributed by atoms with van der Waals surface area (Å²) < 4.78 is 31.8. The molecule has 62 heavy (non-hydrogen) atoms. The van der Waals surface area contributed by atoms with E-state index in [0.29, 0.717) is 26.4 Å². The summed E-state index contributed by atoms with van der Waals surface area (Å²) in [7, 11) is 1.67. The second-order valence-electron chi connectivity index (χ2n) is 15.7. The molecule has 0 aromatic heterocycles. The van der Waals surface area contributed by atoms with Crippen LogP contribution in [0, 0.1) is 5.92 Å². The molecule has 316 valence electrons. The van der Waals surface area contributed by atoms with E-state index in [2.05, 4.69) is 78.9 Å². The zero-order valence-electron chi connectivity index (χ0n) is 35.1. The average molecular weight is 828 g/mol. The minimum absolute atomic E-state index is 0.205. The average Bonchev–Trinajstić information content (AvgIpc) is 3.33. The van der Waals surface area contributed by atoms with Gasteiger partial charge in [-0.3, -0.25) is 0 Å². The normalized spacial score (nSPS) is 16.5. The molecule has 1 saturated heterocycles. The van der Waals surface area contributed by atoms with Gasteiger partial charge in [-0.15, -0.1) is 0 Å². The number of para-hydroxylation sites is 1. The summed E-state index contributed by atoms with van der Waals surface area (Å²) in [6, 6.07) is 61.4. The molecule has 1 aliphatic heterocycles. The van der Waals surface area contributed by atoms with Crippen molar-refractivity contribution in [1.29, 1.82) is 0 Å². The standard InChI is InChI=1S/C54H53NO7/c1-58-50-25-14-13-18-44(50)38-59-32-15-33-60-49-30-28-42(29-31-49)52-45(35-55(53(56)57)36-51(52)61-37-40-26-27-41-16-11-12-17-43(41)34-40)39-62-54(46-19-5-2-6-20-46,47-21-7-3-8-22-47)48-23-9-4-10-24-48/h2-14,16-31,34,45,51-52H,15,32-33,35-39H2,1H3,(H,56,57). The fourth-order valence-electron chi connectivity index (χ4n) is 8.74. The van der Waals surface area contributed by atoms with E-state index in [0.717, 1.165) is 62.1 Å². The highest BCUT2D eigenvalue weighted by atomic mass is 16.5. The van der Waals surface area contributed by atoms with Crippen molar-refractivity contribution >= 4 is 16.9 Å². The van der Waals surface area contributed by atoms with Crippen LogP contribution in [0.25, 0.3) is 10.8 Å². The molecule has 1 fully saturated rings. The molecule has 0 radical (unpaired) electrons. The largest absolute Gasteiger partial charge is 0.496 e. The molecule has 8 rings (SSSR count). The number of carboxylic acid groups (broad SMARTS) is 1. The predicted molar refractivity (Wildman–Crippen MR) is 243 cm³/mol. The molecule has 1 N–H and O–H groups in total. The second kappa shape index (κ2) is 20.4. The highest BCUT2D eigenvalue weighted by Gasteiger charge is 2.44. The van der Waals surface area contributed by atoms with Crippen LogP contribution in [0.1, 0.15) is 45.7 Å². The summed E-state index contributed by atoms with van der Waals surface area (Å²) in [5.74, 6) is 1.09. The number of rotatable bonds is 18. The number of fused-ring (bicyclic) bond motifs is 1. The van der Waals surface area contributed by atoms with E-state index in [-0.39, 0.29) is 31.5 Å². The highest BCUT2D eigenvalue weighted by molar-refractivity contribution is 5.83. The minimum Gasteiger partial charge on any atom is -0.496 e. The lowest BCUT2D eigenvalue weighted by Crippen LogP contribution is -2.52. The number of methoxy groups -OCH3 is 1. The van der Waals surface area contributed by atoms with Crippen molar-refractivity contribution in [3.63, 3.8) is 0 Å². The molecule has 0 aliphatic carbocycles. The quantitative estimate of drug-likeness (QED) is 0.0681. The molecule has 0 spiro atoms. The summed E-state index contributed by atoms with van der Waals surface area (Å²) in [6.45, 7) is 2.59. The van der Waals surface area contributed by atoms with Gasteiger partial charge in [-0.2, -0.15) is 0 Å². The third-order valence-electron chi connectivity index (χ3n) is 11.8. The first-order chi connectivity index (χ1) is 30.5. The molecule has 1 heterocycles. The van der Waals surface area contributed by atoms with Gasteiger partial charge in [-0.25, -0.2) is 4.79 Å².